The molecule has 0 saturated carbocycles. The van der Waals surface area contributed by atoms with Crippen LogP contribution in [0.25, 0.3) is 22.1 Å². The number of carbonyl (C=O) groups is 1. The monoisotopic (exact) mass is 465 g/mol. The molecule has 1 saturated heterocycles. The fourth-order valence-electron chi connectivity index (χ4n) is 4.31. The molecular formula is C24H24FN5O2S. The second-order valence-electron chi connectivity index (χ2n) is 8.31. The maximum atomic E-state index is 14.4. The number of ether oxygens (including phenoxy) is 1. The summed E-state index contributed by atoms with van der Waals surface area (Å²) in [6.45, 7) is 5.43. The molecule has 0 N–H and O–H groups in total. The molecule has 33 heavy (non-hydrogen) atoms. The molecule has 9 heteroatoms. The molecule has 2 aromatic heterocycles. The van der Waals surface area contributed by atoms with Crippen molar-refractivity contribution in [1.82, 2.24) is 24.6 Å². The van der Waals surface area contributed by atoms with Gasteiger partial charge in [-0.2, -0.15) is 0 Å². The van der Waals surface area contributed by atoms with Crippen LogP contribution in [0.1, 0.15) is 19.4 Å². The molecule has 1 amide bonds. The van der Waals surface area contributed by atoms with Crippen LogP contribution in [0.5, 0.6) is 0 Å². The van der Waals surface area contributed by atoms with E-state index in [2.05, 4.69) is 10.2 Å². The Bertz CT molecular complexity index is 1320. The van der Waals surface area contributed by atoms with Crippen molar-refractivity contribution in [2.24, 2.45) is 0 Å². The molecule has 0 bridgehead atoms. The first-order valence-electron chi connectivity index (χ1n) is 10.9. The number of amides is 1. The highest BCUT2D eigenvalue weighted by molar-refractivity contribution is 7.99. The SMILES string of the molecule is CC1CN(C(=O)CSc2nnc3c4ccccc4n(Cc4ccccc4F)c3n2)CC(C)O1. The number of benzene rings is 2. The first-order valence-corrected chi connectivity index (χ1v) is 11.9. The summed E-state index contributed by atoms with van der Waals surface area (Å²) >= 11 is 1.26. The van der Waals surface area contributed by atoms with Crippen molar-refractivity contribution in [3.8, 4) is 0 Å². The van der Waals surface area contributed by atoms with Crippen LogP contribution in [-0.4, -0.2) is 61.6 Å². The minimum atomic E-state index is -0.264. The molecule has 4 aromatic rings. The largest absolute Gasteiger partial charge is 0.372 e. The van der Waals surface area contributed by atoms with Gasteiger partial charge < -0.3 is 14.2 Å². The highest BCUT2D eigenvalue weighted by atomic mass is 32.2. The van der Waals surface area contributed by atoms with E-state index in [0.29, 0.717) is 41.5 Å². The minimum absolute atomic E-state index is 0.0195. The van der Waals surface area contributed by atoms with E-state index in [-0.39, 0.29) is 29.7 Å². The van der Waals surface area contributed by atoms with Gasteiger partial charge in [0, 0.05) is 24.0 Å². The van der Waals surface area contributed by atoms with Crippen molar-refractivity contribution in [2.45, 2.75) is 37.8 Å². The first kappa shape index (κ1) is 21.8. The summed E-state index contributed by atoms with van der Waals surface area (Å²) in [5.74, 6) is -0.0163. The molecule has 1 fully saturated rings. The third kappa shape index (κ3) is 4.43. The van der Waals surface area contributed by atoms with E-state index in [9.17, 15) is 9.18 Å². The van der Waals surface area contributed by atoms with Crippen LogP contribution in [0, 0.1) is 5.82 Å². The molecule has 2 aromatic carbocycles. The Labute approximate surface area is 195 Å². The van der Waals surface area contributed by atoms with Crippen molar-refractivity contribution in [3.05, 3.63) is 59.9 Å². The van der Waals surface area contributed by atoms with E-state index >= 15 is 0 Å². The molecule has 7 nitrogen and oxygen atoms in total. The Hall–Kier alpha value is -3.04. The lowest BCUT2D eigenvalue weighted by Gasteiger charge is -2.35. The number of nitrogens with zero attached hydrogens (tertiary/aromatic N) is 5. The lowest BCUT2D eigenvalue weighted by molar-refractivity contribution is -0.140. The maximum Gasteiger partial charge on any atom is 0.233 e. The third-order valence-corrected chi connectivity index (χ3v) is 6.56. The molecule has 1 aliphatic rings. The lowest BCUT2D eigenvalue weighted by Crippen LogP contribution is -2.48. The fraction of sp³-hybridized carbons (Fsp3) is 0.333. The predicted molar refractivity (Wildman–Crippen MR) is 126 cm³/mol. The average molecular weight is 466 g/mol. The van der Waals surface area contributed by atoms with Crippen LogP contribution in [0.4, 0.5) is 4.39 Å². The van der Waals surface area contributed by atoms with Crippen LogP contribution in [0.2, 0.25) is 0 Å². The summed E-state index contributed by atoms with van der Waals surface area (Å²) in [6.07, 6.45) is 0.0390. The second-order valence-corrected chi connectivity index (χ2v) is 9.25. The van der Waals surface area contributed by atoms with Crippen molar-refractivity contribution in [3.63, 3.8) is 0 Å². The Kier molecular flexibility index (Phi) is 5.99. The minimum Gasteiger partial charge on any atom is -0.372 e. The van der Waals surface area contributed by atoms with E-state index in [1.54, 1.807) is 12.1 Å². The van der Waals surface area contributed by atoms with Gasteiger partial charge in [-0.3, -0.25) is 4.79 Å². The molecule has 170 valence electrons. The molecule has 0 spiro atoms. The van der Waals surface area contributed by atoms with E-state index in [1.807, 2.05) is 53.6 Å². The molecule has 2 unspecified atom stereocenters. The quantitative estimate of drug-likeness (QED) is 0.417. The summed E-state index contributed by atoms with van der Waals surface area (Å²) in [5, 5.41) is 10.0. The van der Waals surface area contributed by atoms with Gasteiger partial charge >= 0.3 is 0 Å². The zero-order valence-corrected chi connectivity index (χ0v) is 19.3. The maximum absolute atomic E-state index is 14.4. The summed E-state index contributed by atoms with van der Waals surface area (Å²) in [6, 6.07) is 14.5. The van der Waals surface area contributed by atoms with Crippen LogP contribution in [0.3, 0.4) is 0 Å². The highest BCUT2D eigenvalue weighted by Crippen LogP contribution is 2.28. The summed E-state index contributed by atoms with van der Waals surface area (Å²) < 4.78 is 22.1. The number of halogens is 1. The Morgan fingerprint density at radius 3 is 2.61 bits per heavy atom. The van der Waals surface area contributed by atoms with Gasteiger partial charge in [-0.25, -0.2) is 9.37 Å². The molecule has 0 aliphatic carbocycles. The number of hydrogen-bond donors (Lipinski definition) is 0. The number of rotatable bonds is 5. The Morgan fingerprint density at radius 1 is 1.09 bits per heavy atom. The number of aromatic nitrogens is 4. The standard InChI is InChI=1S/C24H24FN5O2S/c1-15-11-29(12-16(2)32-15)21(31)14-33-24-26-23-22(27-28-24)18-8-4-6-10-20(18)30(23)13-17-7-3-5-9-19(17)25/h3-10,15-16H,11-14H2,1-2H3. The van der Waals surface area contributed by atoms with Gasteiger partial charge in [-0.15, -0.1) is 10.2 Å². The van der Waals surface area contributed by atoms with Crippen molar-refractivity contribution in [2.75, 3.05) is 18.8 Å². The van der Waals surface area contributed by atoms with Gasteiger partial charge in [-0.1, -0.05) is 48.2 Å². The third-order valence-electron chi connectivity index (χ3n) is 5.74. The van der Waals surface area contributed by atoms with E-state index in [0.717, 1.165) is 10.9 Å². The van der Waals surface area contributed by atoms with Gasteiger partial charge in [0.05, 0.1) is 30.0 Å². The van der Waals surface area contributed by atoms with Gasteiger partial charge in [0.1, 0.15) is 11.3 Å². The Morgan fingerprint density at radius 2 is 1.82 bits per heavy atom. The van der Waals surface area contributed by atoms with Gasteiger partial charge in [0.25, 0.3) is 0 Å². The molecule has 1 aliphatic heterocycles. The van der Waals surface area contributed by atoms with Gasteiger partial charge in [0.15, 0.2) is 5.65 Å². The first-order chi connectivity index (χ1) is 16.0. The van der Waals surface area contributed by atoms with Crippen LogP contribution < -0.4 is 0 Å². The molecule has 3 heterocycles. The van der Waals surface area contributed by atoms with Crippen molar-refractivity contribution in [1.29, 1.82) is 0 Å². The zero-order chi connectivity index (χ0) is 22.9. The fourth-order valence-corrected chi connectivity index (χ4v) is 4.99. The van der Waals surface area contributed by atoms with Crippen molar-refractivity contribution < 1.29 is 13.9 Å². The summed E-state index contributed by atoms with van der Waals surface area (Å²) in [5.41, 5.74) is 2.76. The lowest BCUT2D eigenvalue weighted by atomic mass is 10.2. The number of thioether (sulfide) groups is 1. The van der Waals surface area contributed by atoms with Crippen LogP contribution in [0.15, 0.2) is 53.7 Å². The zero-order valence-electron chi connectivity index (χ0n) is 18.4. The predicted octanol–water partition coefficient (Wildman–Crippen LogP) is 3.89. The number of para-hydroxylation sites is 1. The Balaban J connectivity index is 1.44. The number of carbonyl (C=O) groups excluding carboxylic acids is 1. The van der Waals surface area contributed by atoms with Gasteiger partial charge in [0.2, 0.25) is 11.1 Å². The molecule has 5 rings (SSSR count). The molecule has 2 atom stereocenters. The smallest absolute Gasteiger partial charge is 0.233 e. The summed E-state index contributed by atoms with van der Waals surface area (Å²) in [7, 11) is 0. The topological polar surface area (TPSA) is 73.1 Å². The summed E-state index contributed by atoms with van der Waals surface area (Å²) in [4.78, 5) is 19.3. The van der Waals surface area contributed by atoms with Crippen LogP contribution >= 0.6 is 11.8 Å². The second kappa shape index (κ2) is 9.07. The number of morpholine rings is 1. The highest BCUT2D eigenvalue weighted by Gasteiger charge is 2.26. The molecule has 0 radical (unpaired) electrons. The molecular weight excluding hydrogens is 441 g/mol. The van der Waals surface area contributed by atoms with Crippen molar-refractivity contribution >= 4 is 39.7 Å². The average Bonchev–Trinajstić information content (AvgIpc) is 3.11. The van der Waals surface area contributed by atoms with Gasteiger partial charge in [-0.05, 0) is 26.0 Å². The van der Waals surface area contributed by atoms with E-state index in [4.69, 9.17) is 9.72 Å². The van der Waals surface area contributed by atoms with E-state index < -0.39 is 0 Å². The number of hydrogen-bond acceptors (Lipinski definition) is 6. The normalized spacial score (nSPS) is 18.8. The van der Waals surface area contributed by atoms with Crippen LogP contribution in [-0.2, 0) is 16.1 Å². The van der Waals surface area contributed by atoms with E-state index in [1.165, 1.54) is 17.8 Å². The number of fused-ring (bicyclic) bond motifs is 3.